The zero-order chi connectivity index (χ0) is 17.4. The van der Waals surface area contributed by atoms with Gasteiger partial charge in [0.15, 0.2) is 0 Å². The predicted molar refractivity (Wildman–Crippen MR) is 82.9 cm³/mol. The lowest BCUT2D eigenvalue weighted by Gasteiger charge is -2.27. The Balaban J connectivity index is 4.68. The van der Waals surface area contributed by atoms with Crippen molar-refractivity contribution >= 4 is 5.97 Å². The van der Waals surface area contributed by atoms with Crippen LogP contribution in [-0.4, -0.2) is 28.6 Å². The minimum Gasteiger partial charge on any atom is -0.481 e. The van der Waals surface area contributed by atoms with Gasteiger partial charge in [-0.3, -0.25) is 4.79 Å². The summed E-state index contributed by atoms with van der Waals surface area (Å²) in [6.07, 6.45) is 1.62. The van der Waals surface area contributed by atoms with Crippen molar-refractivity contribution in [2.45, 2.75) is 91.6 Å². The van der Waals surface area contributed by atoms with E-state index in [1.54, 1.807) is 0 Å². The largest absolute Gasteiger partial charge is 0.481 e. The normalized spacial score (nSPS) is 14.4. The van der Waals surface area contributed by atoms with E-state index in [2.05, 4.69) is 0 Å². The van der Waals surface area contributed by atoms with Crippen LogP contribution < -0.4 is 0 Å². The van der Waals surface area contributed by atoms with Crippen LogP contribution >= 0.6 is 0 Å². The second kappa shape index (κ2) is 9.45. The Morgan fingerprint density at radius 2 is 1.45 bits per heavy atom. The molecule has 0 amide bonds. The summed E-state index contributed by atoms with van der Waals surface area (Å²) in [6.45, 7) is 13.0. The van der Waals surface area contributed by atoms with E-state index in [9.17, 15) is 9.90 Å². The summed E-state index contributed by atoms with van der Waals surface area (Å²) in [6, 6.07) is 0. The molecule has 0 heterocycles. The van der Waals surface area contributed by atoms with E-state index in [0.717, 1.165) is 12.8 Å². The molecule has 0 aliphatic heterocycles. The lowest BCUT2D eigenvalue weighted by atomic mass is 9.98. The van der Waals surface area contributed by atoms with E-state index >= 15 is 0 Å². The molecule has 132 valence electrons. The van der Waals surface area contributed by atoms with Gasteiger partial charge in [-0.05, 0) is 48.0 Å². The first-order chi connectivity index (χ1) is 9.94. The molecule has 0 aliphatic rings. The first-order valence-corrected chi connectivity index (χ1v) is 7.86. The maximum Gasteiger partial charge on any atom is 0.306 e. The van der Waals surface area contributed by atoms with E-state index in [-0.39, 0.29) is 6.42 Å². The van der Waals surface area contributed by atoms with Gasteiger partial charge >= 0.3 is 5.97 Å². The van der Waals surface area contributed by atoms with Crippen LogP contribution in [0.2, 0.25) is 0 Å². The molecule has 0 fully saturated rings. The average molecular weight is 320 g/mol. The molecule has 0 aromatic heterocycles. The SMILES string of the molecule is CCCCC(CC(OOC(C)(C)C)OOC(C)(C)C)C(=O)O. The van der Waals surface area contributed by atoms with Crippen LogP contribution in [0.3, 0.4) is 0 Å². The quantitative estimate of drug-likeness (QED) is 0.371. The fourth-order valence-corrected chi connectivity index (χ4v) is 1.52. The van der Waals surface area contributed by atoms with E-state index in [1.165, 1.54) is 0 Å². The van der Waals surface area contributed by atoms with Crippen LogP contribution in [0.25, 0.3) is 0 Å². The van der Waals surface area contributed by atoms with Crippen molar-refractivity contribution < 1.29 is 29.5 Å². The predicted octanol–water partition coefficient (Wildman–Crippen LogP) is 4.09. The molecule has 0 radical (unpaired) electrons. The Morgan fingerprint density at radius 3 is 1.77 bits per heavy atom. The van der Waals surface area contributed by atoms with Gasteiger partial charge in [0.25, 0.3) is 0 Å². The zero-order valence-electron chi connectivity index (χ0n) is 15.0. The molecule has 22 heavy (non-hydrogen) atoms. The van der Waals surface area contributed by atoms with Crippen molar-refractivity contribution in [2.24, 2.45) is 5.92 Å². The number of carboxylic acid groups (broad SMARTS) is 1. The maximum atomic E-state index is 11.4. The molecule has 0 aromatic rings. The first kappa shape index (κ1) is 21.3. The third-order valence-corrected chi connectivity index (χ3v) is 2.54. The molecular formula is C16H32O6. The van der Waals surface area contributed by atoms with Crippen LogP contribution in [0.4, 0.5) is 0 Å². The third kappa shape index (κ3) is 11.9. The Kier molecular flexibility index (Phi) is 9.15. The van der Waals surface area contributed by atoms with Crippen LogP contribution in [0.1, 0.15) is 74.1 Å². The van der Waals surface area contributed by atoms with E-state index in [4.69, 9.17) is 19.6 Å². The van der Waals surface area contributed by atoms with Crippen molar-refractivity contribution in [1.29, 1.82) is 0 Å². The fourth-order valence-electron chi connectivity index (χ4n) is 1.52. The van der Waals surface area contributed by atoms with Gasteiger partial charge in [-0.2, -0.15) is 0 Å². The number of unbranched alkanes of at least 4 members (excludes halogenated alkanes) is 1. The topological polar surface area (TPSA) is 74.2 Å². The van der Waals surface area contributed by atoms with Gasteiger partial charge in [0.2, 0.25) is 6.29 Å². The minimum absolute atomic E-state index is 0.168. The van der Waals surface area contributed by atoms with Crippen molar-refractivity contribution in [1.82, 2.24) is 0 Å². The summed E-state index contributed by atoms with van der Waals surface area (Å²) in [5.41, 5.74) is -1.04. The van der Waals surface area contributed by atoms with Crippen molar-refractivity contribution in [3.05, 3.63) is 0 Å². The summed E-state index contributed by atoms with van der Waals surface area (Å²) in [4.78, 5) is 32.3. The van der Waals surface area contributed by atoms with E-state index in [0.29, 0.717) is 6.42 Å². The first-order valence-electron chi connectivity index (χ1n) is 7.86. The number of hydrogen-bond acceptors (Lipinski definition) is 5. The molecule has 0 aromatic carbocycles. The third-order valence-electron chi connectivity index (χ3n) is 2.54. The second-order valence-electron chi connectivity index (χ2n) is 7.43. The van der Waals surface area contributed by atoms with Gasteiger partial charge in [0, 0.05) is 6.42 Å². The van der Waals surface area contributed by atoms with E-state index in [1.807, 2.05) is 48.5 Å². The summed E-state index contributed by atoms with van der Waals surface area (Å²) < 4.78 is 0. The Hall–Kier alpha value is -0.690. The van der Waals surface area contributed by atoms with Crippen molar-refractivity contribution in [3.8, 4) is 0 Å². The highest BCUT2D eigenvalue weighted by molar-refractivity contribution is 5.69. The van der Waals surface area contributed by atoms with Crippen LogP contribution in [0.5, 0.6) is 0 Å². The number of aliphatic carboxylic acids is 1. The number of carbonyl (C=O) groups is 1. The van der Waals surface area contributed by atoms with Gasteiger partial charge in [0.05, 0.1) is 17.1 Å². The fraction of sp³-hybridized carbons (Fsp3) is 0.938. The molecule has 0 spiro atoms. The molecule has 1 atom stereocenters. The Bertz CT molecular complexity index is 298. The smallest absolute Gasteiger partial charge is 0.306 e. The number of hydrogen-bond donors (Lipinski definition) is 1. The maximum absolute atomic E-state index is 11.4. The Morgan fingerprint density at radius 1 is 1.00 bits per heavy atom. The molecule has 0 saturated heterocycles. The summed E-state index contributed by atoms with van der Waals surface area (Å²) in [5, 5.41) is 9.31. The highest BCUT2D eigenvalue weighted by Crippen LogP contribution is 2.22. The van der Waals surface area contributed by atoms with Crippen LogP contribution in [0, 0.1) is 5.92 Å². The second-order valence-corrected chi connectivity index (χ2v) is 7.43. The molecule has 0 bridgehead atoms. The molecule has 0 saturated carbocycles. The molecule has 0 aliphatic carbocycles. The molecule has 0 rings (SSSR count). The van der Waals surface area contributed by atoms with Crippen molar-refractivity contribution in [3.63, 3.8) is 0 Å². The molecular weight excluding hydrogens is 288 g/mol. The van der Waals surface area contributed by atoms with Crippen LogP contribution in [0.15, 0.2) is 0 Å². The standard InChI is InChI=1S/C16H32O6/c1-8-9-10-12(14(17)18)11-13(19-21-15(2,3)4)20-22-16(5,6)7/h12-13H,8-11H2,1-7H3,(H,17,18). The van der Waals surface area contributed by atoms with E-state index < -0.39 is 29.4 Å². The minimum atomic E-state index is -0.892. The summed E-state index contributed by atoms with van der Waals surface area (Å²) in [7, 11) is 0. The summed E-state index contributed by atoms with van der Waals surface area (Å²) >= 11 is 0. The van der Waals surface area contributed by atoms with Gasteiger partial charge < -0.3 is 5.11 Å². The summed E-state index contributed by atoms with van der Waals surface area (Å²) in [5.74, 6) is -1.42. The van der Waals surface area contributed by atoms with Crippen LogP contribution in [-0.2, 0) is 24.3 Å². The molecule has 6 heteroatoms. The molecule has 1 N–H and O–H groups in total. The lowest BCUT2D eigenvalue weighted by molar-refractivity contribution is -0.498. The number of carboxylic acids is 1. The lowest BCUT2D eigenvalue weighted by Crippen LogP contribution is -2.32. The monoisotopic (exact) mass is 320 g/mol. The van der Waals surface area contributed by atoms with Gasteiger partial charge in [-0.25, -0.2) is 19.6 Å². The van der Waals surface area contributed by atoms with Gasteiger partial charge in [-0.15, -0.1) is 0 Å². The van der Waals surface area contributed by atoms with Gasteiger partial charge in [-0.1, -0.05) is 19.8 Å². The zero-order valence-corrected chi connectivity index (χ0v) is 15.0. The van der Waals surface area contributed by atoms with Crippen molar-refractivity contribution in [2.75, 3.05) is 0 Å². The number of rotatable bonds is 10. The molecule has 6 nitrogen and oxygen atoms in total. The highest BCUT2D eigenvalue weighted by atomic mass is 17.3. The van der Waals surface area contributed by atoms with Gasteiger partial charge in [0.1, 0.15) is 0 Å². The highest BCUT2D eigenvalue weighted by Gasteiger charge is 2.28. The molecule has 1 unspecified atom stereocenters. The average Bonchev–Trinajstić information content (AvgIpc) is 2.34. The Labute approximate surface area is 133 Å².